The Morgan fingerprint density at radius 3 is 2.57 bits per heavy atom. The Balaban J connectivity index is 1.08. The highest BCUT2D eigenvalue weighted by Gasteiger charge is 2.72. The third-order valence-corrected chi connectivity index (χ3v) is 11.6. The number of carbonyl (C=O) groups is 2. The van der Waals surface area contributed by atoms with E-state index in [1.54, 1.807) is 7.11 Å². The van der Waals surface area contributed by atoms with Gasteiger partial charge in [0.2, 0.25) is 5.91 Å². The van der Waals surface area contributed by atoms with E-state index in [2.05, 4.69) is 22.0 Å². The maximum absolute atomic E-state index is 14.1. The Kier molecular flexibility index (Phi) is 5.85. The molecule has 0 radical (unpaired) electrons. The normalized spacial score (nSPS) is 30.0. The summed E-state index contributed by atoms with van der Waals surface area (Å²) < 4.78 is 24.2. The number of aryl methyl sites for hydroxylation is 1. The molecular weight excluding hydrogens is 585 g/mol. The number of benzene rings is 1. The smallest absolute Gasteiger partial charge is 0.254 e. The molecule has 3 aromatic heterocycles. The van der Waals surface area contributed by atoms with Gasteiger partial charge in [0.15, 0.2) is 5.82 Å². The minimum absolute atomic E-state index is 0.00752. The van der Waals surface area contributed by atoms with E-state index in [-0.39, 0.29) is 36.0 Å². The Hall–Kier alpha value is -3.99. The van der Waals surface area contributed by atoms with Crippen molar-refractivity contribution in [2.75, 3.05) is 7.11 Å². The van der Waals surface area contributed by atoms with Crippen LogP contribution in [0.1, 0.15) is 80.4 Å². The molecule has 3 N–H and O–H groups in total. The van der Waals surface area contributed by atoms with Gasteiger partial charge in [0.05, 0.1) is 35.5 Å². The summed E-state index contributed by atoms with van der Waals surface area (Å²) in [5, 5.41) is 4.10. The number of ether oxygens (including phenoxy) is 1. The number of alkyl halides is 1. The highest BCUT2D eigenvalue weighted by Crippen LogP contribution is 2.69. The quantitative estimate of drug-likeness (QED) is 0.291. The molecule has 46 heavy (non-hydrogen) atoms. The number of hydrogen-bond acceptors (Lipinski definition) is 6. The lowest BCUT2D eigenvalue weighted by Crippen LogP contribution is -2.70. The van der Waals surface area contributed by atoms with Gasteiger partial charge in [-0.2, -0.15) is 0 Å². The fourth-order valence-electron chi connectivity index (χ4n) is 8.96. The number of hydrogen-bond donors (Lipinski definition) is 2. The van der Waals surface area contributed by atoms with Gasteiger partial charge in [0.25, 0.3) is 5.91 Å². The number of rotatable bonds is 8. The topological polar surface area (TPSA) is 120 Å². The van der Waals surface area contributed by atoms with Crippen molar-refractivity contribution >= 4 is 33.9 Å². The van der Waals surface area contributed by atoms with Crippen molar-refractivity contribution in [3.8, 4) is 17.3 Å². The van der Waals surface area contributed by atoms with Gasteiger partial charge in [-0.15, -0.1) is 0 Å². The van der Waals surface area contributed by atoms with Crippen molar-refractivity contribution in [3.05, 3.63) is 41.6 Å². The third kappa shape index (κ3) is 4.02. The number of fused-ring (bicyclic) bond motifs is 4. The summed E-state index contributed by atoms with van der Waals surface area (Å²) in [6.45, 7) is 2.76. The van der Waals surface area contributed by atoms with Crippen LogP contribution in [0.2, 0.25) is 0 Å². The maximum atomic E-state index is 14.1. The molecule has 2 amide bonds. The second-order valence-electron chi connectivity index (χ2n) is 14.8. The number of nitrogens with two attached hydrogens (primary N) is 1. The molecule has 4 atom stereocenters. The van der Waals surface area contributed by atoms with Crippen molar-refractivity contribution < 1.29 is 18.7 Å². The van der Waals surface area contributed by atoms with Crippen LogP contribution in [0.3, 0.4) is 0 Å². The molecule has 11 heteroatoms. The van der Waals surface area contributed by atoms with Crippen LogP contribution in [-0.2, 0) is 18.4 Å². The lowest BCUT2D eigenvalue weighted by atomic mass is 9.42. The fourth-order valence-corrected chi connectivity index (χ4v) is 8.96. The van der Waals surface area contributed by atoms with Crippen LogP contribution in [0.15, 0.2) is 30.3 Å². The van der Waals surface area contributed by atoms with Crippen molar-refractivity contribution in [1.82, 2.24) is 29.3 Å². The lowest BCUT2D eigenvalue weighted by molar-refractivity contribution is -0.214. The van der Waals surface area contributed by atoms with E-state index in [0.29, 0.717) is 42.0 Å². The van der Waals surface area contributed by atoms with Crippen LogP contribution in [0.5, 0.6) is 5.75 Å². The van der Waals surface area contributed by atoms with E-state index in [4.69, 9.17) is 20.4 Å². The Morgan fingerprint density at radius 1 is 1.13 bits per heavy atom. The van der Waals surface area contributed by atoms with Gasteiger partial charge in [0.1, 0.15) is 22.6 Å². The first-order chi connectivity index (χ1) is 22.1. The Morgan fingerprint density at radius 2 is 1.91 bits per heavy atom. The summed E-state index contributed by atoms with van der Waals surface area (Å²) >= 11 is 0. The molecule has 4 aromatic rings. The first-order valence-electron chi connectivity index (χ1n) is 16.7. The zero-order chi connectivity index (χ0) is 31.7. The molecule has 4 aliphatic carbocycles. The van der Waals surface area contributed by atoms with Gasteiger partial charge >= 0.3 is 0 Å². The van der Waals surface area contributed by atoms with Crippen LogP contribution in [-0.4, -0.2) is 66.7 Å². The molecule has 5 heterocycles. The maximum Gasteiger partial charge on any atom is 0.254 e. The molecule has 6 fully saturated rings. The van der Waals surface area contributed by atoms with Gasteiger partial charge in [-0.1, -0.05) is 0 Å². The van der Waals surface area contributed by atoms with Gasteiger partial charge in [0, 0.05) is 42.7 Å². The fraction of sp³-hybridized carbons (Fsp3) is 0.543. The summed E-state index contributed by atoms with van der Waals surface area (Å²) in [7, 11) is 3.61. The second kappa shape index (κ2) is 9.53. The molecule has 2 aliphatic heterocycles. The van der Waals surface area contributed by atoms with Crippen molar-refractivity contribution in [2.24, 2.45) is 24.1 Å². The number of methoxy groups -OCH3 is 1. The number of pyridine rings is 1. The molecule has 10 nitrogen and oxygen atoms in total. The van der Waals surface area contributed by atoms with E-state index in [0.717, 1.165) is 59.6 Å². The van der Waals surface area contributed by atoms with Crippen LogP contribution < -0.4 is 15.8 Å². The molecule has 1 aromatic carbocycles. The standard InChI is InChI=1S/C35H40FN7O3/c1-18(38-33(45)34-15-35(36,16-34)17-34)24-8-6-20-11-27(42(30(20)39-24)14-19-4-5-19)31-40-25-10-21(12-28(46-3)29(25)41(31)2)32(44)43-22-7-9-26(43)23(37)13-22/h6,8,10-12,18-19,22-23,26H,4-5,7,9,13-17,37H2,1-3H3,(H,38,45)/t18-,22+,23-,26-,34?,35?/m1/s1. The summed E-state index contributed by atoms with van der Waals surface area (Å²) in [4.78, 5) is 39.0. The molecule has 4 saturated carbocycles. The molecule has 240 valence electrons. The number of amides is 2. The molecule has 4 bridgehead atoms. The zero-order valence-corrected chi connectivity index (χ0v) is 26.6. The van der Waals surface area contributed by atoms with Gasteiger partial charge < -0.3 is 29.8 Å². The SMILES string of the molecule is COc1cc(C(=O)N2[C@H]3CC[C@@H]2[C@H](N)C3)cc2nc(-c3cc4ccc([C@@H](C)NC(=O)C56CC(F)(C5)C6)nc4n3CC3CC3)n(C)c12. The molecule has 0 spiro atoms. The zero-order valence-electron chi connectivity index (χ0n) is 26.6. The first kappa shape index (κ1) is 28.3. The van der Waals surface area contributed by atoms with Crippen LogP contribution >= 0.6 is 0 Å². The van der Waals surface area contributed by atoms with Crippen LogP contribution in [0.25, 0.3) is 33.6 Å². The summed E-state index contributed by atoms with van der Waals surface area (Å²) in [6, 6.07) is 9.90. The van der Waals surface area contributed by atoms with Crippen molar-refractivity contribution in [1.29, 1.82) is 0 Å². The van der Waals surface area contributed by atoms with Gasteiger partial charge in [-0.3, -0.25) is 9.59 Å². The van der Waals surface area contributed by atoms with Crippen LogP contribution in [0, 0.1) is 11.3 Å². The lowest BCUT2D eigenvalue weighted by Gasteiger charge is -2.64. The summed E-state index contributed by atoms with van der Waals surface area (Å²) in [5.74, 6) is 1.88. The van der Waals surface area contributed by atoms with Crippen molar-refractivity contribution in [3.63, 3.8) is 0 Å². The monoisotopic (exact) mass is 625 g/mol. The number of carbonyl (C=O) groups excluding carboxylic acids is 2. The second-order valence-corrected chi connectivity index (χ2v) is 14.8. The molecule has 10 rings (SSSR count). The summed E-state index contributed by atoms with van der Waals surface area (Å²) in [6.07, 6.45) is 6.18. The van der Waals surface area contributed by atoms with Gasteiger partial charge in [-0.05, 0) is 94.5 Å². The first-order valence-corrected chi connectivity index (χ1v) is 16.7. The number of nitrogens with zero attached hydrogens (tertiary/aromatic N) is 5. The molecule has 2 saturated heterocycles. The molecular formula is C35H40FN7O3. The number of aromatic nitrogens is 4. The number of nitrogens with one attached hydrogen (secondary N) is 1. The Labute approximate surface area is 266 Å². The van der Waals surface area contributed by atoms with Crippen LogP contribution in [0.4, 0.5) is 4.39 Å². The summed E-state index contributed by atoms with van der Waals surface area (Å²) in [5.41, 5.74) is 9.38. The largest absolute Gasteiger partial charge is 0.494 e. The van der Waals surface area contributed by atoms with E-state index < -0.39 is 11.1 Å². The minimum Gasteiger partial charge on any atom is -0.494 e. The van der Waals surface area contributed by atoms with E-state index in [1.165, 1.54) is 12.8 Å². The highest BCUT2D eigenvalue weighted by atomic mass is 19.1. The van der Waals surface area contributed by atoms with Gasteiger partial charge in [-0.25, -0.2) is 14.4 Å². The highest BCUT2D eigenvalue weighted by molar-refractivity contribution is 6.01. The Bertz CT molecular complexity index is 1940. The average molecular weight is 626 g/mol. The predicted molar refractivity (Wildman–Crippen MR) is 171 cm³/mol. The number of halogens is 1. The predicted octanol–water partition coefficient (Wildman–Crippen LogP) is 4.78. The van der Waals surface area contributed by atoms with E-state index in [1.807, 2.05) is 41.6 Å². The number of imidazole rings is 1. The van der Waals surface area contributed by atoms with E-state index >= 15 is 0 Å². The van der Waals surface area contributed by atoms with Crippen molar-refractivity contribution in [2.45, 2.75) is 94.7 Å². The minimum atomic E-state index is -1.11. The molecule has 0 unspecified atom stereocenters. The van der Waals surface area contributed by atoms with E-state index in [9.17, 15) is 14.0 Å². The molecule has 6 aliphatic rings. The average Bonchev–Trinajstić information content (AvgIpc) is 3.33. The third-order valence-electron chi connectivity index (χ3n) is 11.6.